The summed E-state index contributed by atoms with van der Waals surface area (Å²) in [7, 11) is -3.72. The van der Waals surface area contributed by atoms with E-state index in [9.17, 15) is 13.2 Å². The first-order valence-electron chi connectivity index (χ1n) is 15.3. The van der Waals surface area contributed by atoms with Gasteiger partial charge in [0.25, 0.3) is 0 Å². The molecule has 1 amide bonds. The molecule has 8 heteroatoms. The molecule has 0 radical (unpaired) electrons. The van der Waals surface area contributed by atoms with Gasteiger partial charge in [0, 0.05) is 30.7 Å². The first kappa shape index (κ1) is 32.1. The molecule has 44 heavy (non-hydrogen) atoms. The Kier molecular flexibility index (Phi) is 11.4. The van der Waals surface area contributed by atoms with Crippen molar-refractivity contribution in [2.75, 3.05) is 32.7 Å². The van der Waals surface area contributed by atoms with Gasteiger partial charge in [-0.05, 0) is 96.9 Å². The van der Waals surface area contributed by atoms with Gasteiger partial charge in [0.05, 0.1) is 11.3 Å². The van der Waals surface area contributed by atoms with Crippen molar-refractivity contribution in [2.45, 2.75) is 43.5 Å². The van der Waals surface area contributed by atoms with Crippen LogP contribution in [-0.4, -0.2) is 56.3 Å². The predicted octanol–water partition coefficient (Wildman–Crippen LogP) is 6.69. The Balaban J connectivity index is 1.28. The van der Waals surface area contributed by atoms with Crippen LogP contribution in [0.2, 0.25) is 0 Å². The average Bonchev–Trinajstić information content (AvgIpc) is 3.55. The summed E-state index contributed by atoms with van der Waals surface area (Å²) < 4.78 is 30.0. The summed E-state index contributed by atoms with van der Waals surface area (Å²) in [5.41, 5.74) is 5.04. The molecule has 0 bridgehead atoms. The summed E-state index contributed by atoms with van der Waals surface area (Å²) in [5.74, 6) is 0.0272. The number of benzene rings is 4. The maximum absolute atomic E-state index is 13.8. The van der Waals surface area contributed by atoms with Crippen molar-refractivity contribution in [1.82, 2.24) is 14.5 Å². The van der Waals surface area contributed by atoms with E-state index in [1.54, 1.807) is 28.6 Å². The fourth-order valence-corrected chi connectivity index (χ4v) is 7.40. The predicted molar refractivity (Wildman–Crippen MR) is 181 cm³/mol. The molecule has 0 unspecified atom stereocenters. The van der Waals surface area contributed by atoms with Gasteiger partial charge >= 0.3 is 0 Å². The van der Waals surface area contributed by atoms with Crippen molar-refractivity contribution in [3.05, 3.63) is 124 Å². The van der Waals surface area contributed by atoms with Crippen molar-refractivity contribution >= 4 is 31.9 Å². The van der Waals surface area contributed by atoms with Crippen LogP contribution in [0.4, 0.5) is 0 Å². The number of sulfonamides is 1. The van der Waals surface area contributed by atoms with Crippen LogP contribution in [-0.2, 0) is 34.2 Å². The van der Waals surface area contributed by atoms with Gasteiger partial charge in [-0.25, -0.2) is 8.42 Å². The number of nitrogens with zero attached hydrogens (tertiary/aromatic N) is 2. The van der Waals surface area contributed by atoms with E-state index >= 15 is 0 Å². The Labute approximate surface area is 270 Å². The van der Waals surface area contributed by atoms with Crippen molar-refractivity contribution in [3.63, 3.8) is 0 Å². The van der Waals surface area contributed by atoms with Crippen LogP contribution in [0.1, 0.15) is 36.0 Å². The van der Waals surface area contributed by atoms with E-state index in [-0.39, 0.29) is 17.3 Å². The zero-order chi connectivity index (χ0) is 30.8. The van der Waals surface area contributed by atoms with Crippen LogP contribution in [0.15, 0.2) is 112 Å². The molecule has 1 fully saturated rings. The maximum atomic E-state index is 13.8. The molecule has 0 aromatic heterocycles. The highest BCUT2D eigenvalue weighted by Crippen LogP contribution is 2.25. The number of amides is 1. The van der Waals surface area contributed by atoms with Crippen LogP contribution in [0.3, 0.4) is 0 Å². The molecular weight excluding hydrogens is 634 g/mol. The second-order valence-corrected chi connectivity index (χ2v) is 14.2. The Bertz CT molecular complexity index is 1620. The van der Waals surface area contributed by atoms with Gasteiger partial charge in [0.2, 0.25) is 15.9 Å². The molecule has 5 rings (SSSR count). The quantitative estimate of drug-likeness (QED) is 0.162. The summed E-state index contributed by atoms with van der Waals surface area (Å²) in [5, 5.41) is 3.06. The number of nitrogens with one attached hydrogen (secondary N) is 1. The second-order valence-electron chi connectivity index (χ2n) is 11.4. The van der Waals surface area contributed by atoms with Crippen LogP contribution in [0, 0.1) is 0 Å². The van der Waals surface area contributed by atoms with E-state index in [0.717, 1.165) is 52.8 Å². The fraction of sp³-hybridized carbons (Fsp3) is 0.306. The lowest BCUT2D eigenvalue weighted by atomic mass is 10.00. The number of hydrogen-bond acceptors (Lipinski definition) is 4. The van der Waals surface area contributed by atoms with Gasteiger partial charge in [-0.3, -0.25) is 4.79 Å². The van der Waals surface area contributed by atoms with E-state index in [2.05, 4.69) is 50.4 Å². The van der Waals surface area contributed by atoms with Crippen LogP contribution in [0.25, 0.3) is 11.1 Å². The Morgan fingerprint density at radius 3 is 2.14 bits per heavy atom. The Morgan fingerprint density at radius 2 is 1.43 bits per heavy atom. The third kappa shape index (κ3) is 9.11. The molecule has 0 spiro atoms. The van der Waals surface area contributed by atoms with Gasteiger partial charge in [-0.1, -0.05) is 88.7 Å². The molecule has 1 aliphatic heterocycles. The molecule has 0 saturated carbocycles. The number of carbonyl (C=O) groups is 1. The Morgan fingerprint density at radius 1 is 0.795 bits per heavy atom. The molecule has 1 heterocycles. The smallest absolute Gasteiger partial charge is 0.243 e. The summed E-state index contributed by atoms with van der Waals surface area (Å²) in [6.07, 6.45) is 4.33. The first-order chi connectivity index (χ1) is 21.4. The topological polar surface area (TPSA) is 69.7 Å². The van der Waals surface area contributed by atoms with Crippen LogP contribution < -0.4 is 5.32 Å². The Hall–Kier alpha value is -3.30. The van der Waals surface area contributed by atoms with Crippen LogP contribution in [0.5, 0.6) is 0 Å². The first-order valence-corrected chi connectivity index (χ1v) is 17.6. The standard InChI is InChI=1S/C36H40BrN3O3S/c37-34-16-18-35(19-17-34)44(42,43)40(23-8-13-29-9-2-1-3-10-29)28-31-12-7-15-33(26-31)32-14-6-11-30(25-32)27-36(41)38-20-24-39-21-4-5-22-39/h1-3,6-7,9-12,14-19,25-26H,4-5,8,13,20-24,27-28H2,(H,38,41). The van der Waals surface area contributed by atoms with Gasteiger partial charge in [0.15, 0.2) is 0 Å². The minimum atomic E-state index is -3.72. The molecule has 4 aromatic carbocycles. The SMILES string of the molecule is O=C(Cc1cccc(-c2cccc(CN(CCCc3ccccc3)S(=O)(=O)c3ccc(Br)cc3)c2)c1)NCCN1CCCC1. The van der Waals surface area contributed by atoms with E-state index in [0.29, 0.717) is 25.9 Å². The lowest BCUT2D eigenvalue weighted by Crippen LogP contribution is -2.34. The lowest BCUT2D eigenvalue weighted by Gasteiger charge is -2.23. The molecule has 1 N–H and O–H groups in total. The van der Waals surface area contributed by atoms with Crippen molar-refractivity contribution in [3.8, 4) is 11.1 Å². The number of hydrogen-bond donors (Lipinski definition) is 1. The normalized spacial score (nSPS) is 13.8. The highest BCUT2D eigenvalue weighted by atomic mass is 79.9. The summed E-state index contributed by atoms with van der Waals surface area (Å²) >= 11 is 3.41. The molecule has 1 aliphatic rings. The van der Waals surface area contributed by atoms with Gasteiger partial charge in [-0.2, -0.15) is 4.31 Å². The number of aryl methyl sites for hydroxylation is 1. The minimum absolute atomic E-state index is 0.0272. The van der Waals surface area contributed by atoms with Crippen molar-refractivity contribution in [2.24, 2.45) is 0 Å². The average molecular weight is 675 g/mol. The van der Waals surface area contributed by atoms with E-state index in [4.69, 9.17) is 0 Å². The zero-order valence-electron chi connectivity index (χ0n) is 25.0. The van der Waals surface area contributed by atoms with E-state index < -0.39 is 10.0 Å². The minimum Gasteiger partial charge on any atom is -0.355 e. The number of carbonyl (C=O) groups excluding carboxylic acids is 1. The maximum Gasteiger partial charge on any atom is 0.243 e. The highest BCUT2D eigenvalue weighted by molar-refractivity contribution is 9.10. The number of rotatable bonds is 14. The monoisotopic (exact) mass is 673 g/mol. The highest BCUT2D eigenvalue weighted by Gasteiger charge is 2.24. The lowest BCUT2D eigenvalue weighted by molar-refractivity contribution is -0.120. The van der Waals surface area contributed by atoms with Crippen molar-refractivity contribution < 1.29 is 13.2 Å². The van der Waals surface area contributed by atoms with E-state index in [1.165, 1.54) is 18.4 Å². The zero-order valence-corrected chi connectivity index (χ0v) is 27.4. The fourth-order valence-electron chi connectivity index (χ4n) is 5.67. The molecule has 6 nitrogen and oxygen atoms in total. The van der Waals surface area contributed by atoms with Gasteiger partial charge < -0.3 is 10.2 Å². The third-order valence-electron chi connectivity index (χ3n) is 8.03. The summed E-state index contributed by atoms with van der Waals surface area (Å²) in [6, 6.07) is 33.0. The second kappa shape index (κ2) is 15.6. The number of likely N-dealkylation sites (tertiary alicyclic amines) is 1. The van der Waals surface area contributed by atoms with Gasteiger partial charge in [0.1, 0.15) is 0 Å². The van der Waals surface area contributed by atoms with Crippen LogP contribution >= 0.6 is 15.9 Å². The molecule has 230 valence electrons. The summed E-state index contributed by atoms with van der Waals surface area (Å²) in [6.45, 7) is 4.49. The molecular formula is C36H40BrN3O3S. The van der Waals surface area contributed by atoms with Gasteiger partial charge in [-0.15, -0.1) is 0 Å². The molecule has 1 saturated heterocycles. The van der Waals surface area contributed by atoms with E-state index in [1.807, 2.05) is 54.6 Å². The molecule has 0 atom stereocenters. The molecule has 4 aromatic rings. The number of halogens is 1. The van der Waals surface area contributed by atoms with Crippen molar-refractivity contribution in [1.29, 1.82) is 0 Å². The third-order valence-corrected chi connectivity index (χ3v) is 10.4. The molecule has 0 aliphatic carbocycles. The largest absolute Gasteiger partial charge is 0.355 e. The summed E-state index contributed by atoms with van der Waals surface area (Å²) in [4.78, 5) is 15.3.